The highest BCUT2D eigenvalue weighted by Gasteiger charge is 2.37. The number of amides is 2. The third-order valence-corrected chi connectivity index (χ3v) is 4.09. The average molecular weight is 384 g/mol. The van der Waals surface area contributed by atoms with Gasteiger partial charge in [-0.1, -0.05) is 23.7 Å². The zero-order valence-corrected chi connectivity index (χ0v) is 12.5. The van der Waals surface area contributed by atoms with Crippen LogP contribution in [0.3, 0.4) is 0 Å². The highest BCUT2D eigenvalue weighted by molar-refractivity contribution is 14.1. The number of nitrogens with zero attached hydrogens (tertiary/aromatic N) is 1. The standard InChI is InChI=1S/C14H7ClINO2/c15-8-5-6-9-10(7-8)14(19)17(13(9)18)12-4-2-1-3-11(12)16/h1-7H. The highest BCUT2D eigenvalue weighted by Crippen LogP contribution is 2.32. The van der Waals surface area contributed by atoms with Crippen LogP contribution < -0.4 is 4.90 Å². The van der Waals surface area contributed by atoms with Gasteiger partial charge in [-0.05, 0) is 52.9 Å². The smallest absolute Gasteiger partial charge is 0.266 e. The molecule has 1 aliphatic rings. The summed E-state index contributed by atoms with van der Waals surface area (Å²) >= 11 is 7.98. The van der Waals surface area contributed by atoms with E-state index in [1.807, 2.05) is 12.1 Å². The molecule has 0 radical (unpaired) electrons. The number of imide groups is 1. The molecule has 3 nitrogen and oxygen atoms in total. The number of rotatable bonds is 1. The van der Waals surface area contributed by atoms with Gasteiger partial charge >= 0.3 is 0 Å². The highest BCUT2D eigenvalue weighted by atomic mass is 127. The molecule has 0 N–H and O–H groups in total. The van der Waals surface area contributed by atoms with E-state index in [2.05, 4.69) is 22.6 Å². The molecule has 0 fully saturated rings. The van der Waals surface area contributed by atoms with Crippen LogP contribution in [0.4, 0.5) is 5.69 Å². The fraction of sp³-hybridized carbons (Fsp3) is 0. The topological polar surface area (TPSA) is 37.4 Å². The van der Waals surface area contributed by atoms with Gasteiger partial charge in [-0.3, -0.25) is 9.59 Å². The molecule has 2 aromatic carbocycles. The van der Waals surface area contributed by atoms with E-state index in [-0.39, 0.29) is 11.8 Å². The molecule has 19 heavy (non-hydrogen) atoms. The third-order valence-electron chi connectivity index (χ3n) is 2.94. The molecular weight excluding hydrogens is 377 g/mol. The fourth-order valence-corrected chi connectivity index (χ4v) is 2.87. The van der Waals surface area contributed by atoms with Crippen LogP contribution in [0.2, 0.25) is 5.02 Å². The van der Waals surface area contributed by atoms with Gasteiger partial charge in [0.15, 0.2) is 0 Å². The fourth-order valence-electron chi connectivity index (χ4n) is 2.06. The molecule has 0 aliphatic carbocycles. The lowest BCUT2D eigenvalue weighted by molar-refractivity contribution is 0.0926. The molecule has 0 spiro atoms. The maximum Gasteiger partial charge on any atom is 0.266 e. The molecular formula is C14H7ClINO2. The minimum Gasteiger partial charge on any atom is -0.268 e. The van der Waals surface area contributed by atoms with Crippen LogP contribution in [0.1, 0.15) is 20.7 Å². The molecule has 0 saturated heterocycles. The zero-order valence-electron chi connectivity index (χ0n) is 9.56. The van der Waals surface area contributed by atoms with E-state index in [0.717, 1.165) is 3.57 Å². The van der Waals surface area contributed by atoms with E-state index in [9.17, 15) is 9.59 Å². The van der Waals surface area contributed by atoms with E-state index in [4.69, 9.17) is 11.6 Å². The first-order valence-corrected chi connectivity index (χ1v) is 6.98. The molecule has 1 aliphatic heterocycles. The first kappa shape index (κ1) is 12.6. The van der Waals surface area contributed by atoms with Gasteiger partial charge in [0.05, 0.1) is 16.8 Å². The van der Waals surface area contributed by atoms with Crippen molar-refractivity contribution >= 4 is 51.7 Å². The number of hydrogen-bond donors (Lipinski definition) is 0. The Bertz CT molecular complexity index is 714. The summed E-state index contributed by atoms with van der Waals surface area (Å²) in [4.78, 5) is 25.9. The number of fused-ring (bicyclic) bond motifs is 1. The van der Waals surface area contributed by atoms with E-state index < -0.39 is 0 Å². The number of carbonyl (C=O) groups is 2. The number of benzene rings is 2. The first-order chi connectivity index (χ1) is 9.09. The predicted molar refractivity (Wildman–Crippen MR) is 81.8 cm³/mol. The van der Waals surface area contributed by atoms with Crippen LogP contribution in [-0.2, 0) is 0 Å². The van der Waals surface area contributed by atoms with Crippen LogP contribution in [0.15, 0.2) is 42.5 Å². The molecule has 1 heterocycles. The summed E-state index contributed by atoms with van der Waals surface area (Å²) in [5, 5.41) is 0.449. The molecule has 2 aromatic rings. The van der Waals surface area contributed by atoms with Crippen LogP contribution in [0, 0.1) is 3.57 Å². The summed E-state index contributed by atoms with van der Waals surface area (Å²) in [7, 11) is 0. The molecule has 94 valence electrons. The summed E-state index contributed by atoms with van der Waals surface area (Å²) in [5.41, 5.74) is 1.36. The first-order valence-electron chi connectivity index (χ1n) is 5.52. The van der Waals surface area contributed by atoms with E-state index in [1.54, 1.807) is 24.3 Å². The van der Waals surface area contributed by atoms with Crippen LogP contribution in [0.25, 0.3) is 0 Å². The van der Waals surface area contributed by atoms with Crippen molar-refractivity contribution in [3.8, 4) is 0 Å². The Morgan fingerprint density at radius 3 is 2.37 bits per heavy atom. The Morgan fingerprint density at radius 2 is 1.63 bits per heavy atom. The number of carbonyl (C=O) groups excluding carboxylic acids is 2. The molecule has 3 rings (SSSR count). The predicted octanol–water partition coefficient (Wildman–Crippen LogP) is 3.75. The number of hydrogen-bond acceptors (Lipinski definition) is 2. The van der Waals surface area contributed by atoms with E-state index in [0.29, 0.717) is 21.8 Å². The lowest BCUT2D eigenvalue weighted by atomic mass is 10.1. The second-order valence-corrected chi connectivity index (χ2v) is 5.69. The van der Waals surface area contributed by atoms with Crippen molar-refractivity contribution in [1.82, 2.24) is 0 Å². The normalized spacial score (nSPS) is 13.9. The Hall–Kier alpha value is -1.40. The molecule has 0 aromatic heterocycles. The average Bonchev–Trinajstić information content (AvgIpc) is 2.63. The summed E-state index contributed by atoms with van der Waals surface area (Å²) in [6.45, 7) is 0. The second kappa shape index (κ2) is 4.61. The lowest BCUT2D eigenvalue weighted by Gasteiger charge is -2.15. The third kappa shape index (κ3) is 1.95. The Balaban J connectivity index is 2.16. The summed E-state index contributed by atoms with van der Waals surface area (Å²) in [6.07, 6.45) is 0. The molecule has 0 atom stereocenters. The summed E-state index contributed by atoms with van der Waals surface area (Å²) in [6, 6.07) is 12.0. The minimum absolute atomic E-state index is 0.305. The Kier molecular flexibility index (Phi) is 3.06. The van der Waals surface area contributed by atoms with E-state index >= 15 is 0 Å². The van der Waals surface area contributed by atoms with Gasteiger partial charge in [0.25, 0.3) is 11.8 Å². The quantitative estimate of drug-likeness (QED) is 0.556. The molecule has 0 bridgehead atoms. The number of halogens is 2. The van der Waals surface area contributed by atoms with Crippen molar-refractivity contribution in [2.45, 2.75) is 0 Å². The van der Waals surface area contributed by atoms with Crippen LogP contribution in [0.5, 0.6) is 0 Å². The summed E-state index contributed by atoms with van der Waals surface area (Å²) < 4.78 is 0.848. The minimum atomic E-state index is -0.327. The number of para-hydroxylation sites is 1. The Labute approximate surface area is 128 Å². The van der Waals surface area contributed by atoms with Gasteiger partial charge in [0.1, 0.15) is 0 Å². The van der Waals surface area contributed by atoms with Crippen LogP contribution in [-0.4, -0.2) is 11.8 Å². The lowest BCUT2D eigenvalue weighted by Crippen LogP contribution is -2.30. The maximum absolute atomic E-state index is 12.4. The van der Waals surface area contributed by atoms with Crippen molar-refractivity contribution < 1.29 is 9.59 Å². The molecule has 0 saturated carbocycles. The van der Waals surface area contributed by atoms with Crippen molar-refractivity contribution in [1.29, 1.82) is 0 Å². The van der Waals surface area contributed by atoms with Gasteiger partial charge in [-0.15, -0.1) is 0 Å². The maximum atomic E-state index is 12.4. The van der Waals surface area contributed by atoms with Crippen molar-refractivity contribution in [2.24, 2.45) is 0 Å². The van der Waals surface area contributed by atoms with Gasteiger partial charge in [0, 0.05) is 8.59 Å². The second-order valence-electron chi connectivity index (χ2n) is 4.09. The number of anilines is 1. The largest absolute Gasteiger partial charge is 0.268 e. The van der Waals surface area contributed by atoms with Crippen molar-refractivity contribution in [3.05, 3.63) is 62.2 Å². The van der Waals surface area contributed by atoms with Crippen LogP contribution >= 0.6 is 34.2 Å². The van der Waals surface area contributed by atoms with Gasteiger partial charge in [-0.25, -0.2) is 4.90 Å². The van der Waals surface area contributed by atoms with Crippen molar-refractivity contribution in [2.75, 3.05) is 4.90 Å². The monoisotopic (exact) mass is 383 g/mol. The van der Waals surface area contributed by atoms with Gasteiger partial charge in [-0.2, -0.15) is 0 Å². The van der Waals surface area contributed by atoms with E-state index in [1.165, 1.54) is 11.0 Å². The molecule has 0 unspecified atom stereocenters. The van der Waals surface area contributed by atoms with Gasteiger partial charge in [0.2, 0.25) is 0 Å². The van der Waals surface area contributed by atoms with Gasteiger partial charge < -0.3 is 0 Å². The SMILES string of the molecule is O=C1c2ccc(Cl)cc2C(=O)N1c1ccccc1I. The molecule has 2 amide bonds. The Morgan fingerprint density at radius 1 is 0.947 bits per heavy atom. The molecule has 5 heteroatoms. The van der Waals surface area contributed by atoms with Crippen molar-refractivity contribution in [3.63, 3.8) is 0 Å². The zero-order chi connectivity index (χ0) is 13.6. The summed E-state index contributed by atoms with van der Waals surface area (Å²) in [5.74, 6) is -0.632.